The summed E-state index contributed by atoms with van der Waals surface area (Å²) in [4.78, 5) is 25.2. The third kappa shape index (κ3) is 4.77. The lowest BCUT2D eigenvalue weighted by Crippen LogP contribution is -2.57. The van der Waals surface area contributed by atoms with Gasteiger partial charge in [-0.15, -0.1) is 0 Å². The van der Waals surface area contributed by atoms with Crippen LogP contribution in [-0.4, -0.2) is 37.8 Å². The lowest BCUT2D eigenvalue weighted by molar-refractivity contribution is 0.230. The molecule has 4 amide bonds. The van der Waals surface area contributed by atoms with Crippen molar-refractivity contribution in [2.24, 2.45) is 0 Å². The Morgan fingerprint density at radius 2 is 1.16 bits per heavy atom. The SMILES string of the molecule is CS(=O)(=O)c1ccc(NC(=O)NC2(C3(NC(=O)Nc4ccc(Cl)cc4)CC3)CC2)cc1. The molecule has 0 heterocycles. The van der Waals surface area contributed by atoms with Gasteiger partial charge in [-0.3, -0.25) is 0 Å². The monoisotopic (exact) mass is 462 g/mol. The smallest absolute Gasteiger partial charge is 0.319 e. The first-order chi connectivity index (χ1) is 14.6. The van der Waals surface area contributed by atoms with Crippen LogP contribution < -0.4 is 21.3 Å². The summed E-state index contributed by atoms with van der Waals surface area (Å²) < 4.78 is 23.1. The Balaban J connectivity index is 1.35. The highest BCUT2D eigenvalue weighted by molar-refractivity contribution is 7.90. The second-order valence-electron chi connectivity index (χ2n) is 8.13. The molecule has 2 saturated carbocycles. The molecule has 0 atom stereocenters. The molecular weight excluding hydrogens is 440 g/mol. The predicted molar refractivity (Wildman–Crippen MR) is 119 cm³/mol. The first-order valence-corrected chi connectivity index (χ1v) is 12.1. The van der Waals surface area contributed by atoms with Gasteiger partial charge in [-0.05, 0) is 74.2 Å². The number of rotatable bonds is 6. The molecule has 8 nitrogen and oxygen atoms in total. The molecule has 0 aliphatic heterocycles. The molecule has 164 valence electrons. The van der Waals surface area contributed by atoms with Gasteiger partial charge in [0.2, 0.25) is 0 Å². The number of halogens is 1. The third-order valence-electron chi connectivity index (χ3n) is 5.76. The minimum Gasteiger partial charge on any atom is -0.330 e. The summed E-state index contributed by atoms with van der Waals surface area (Å²) in [6.45, 7) is 0. The van der Waals surface area contributed by atoms with Crippen LogP contribution in [0.1, 0.15) is 25.7 Å². The van der Waals surface area contributed by atoms with Crippen LogP contribution in [0.5, 0.6) is 0 Å². The van der Waals surface area contributed by atoms with E-state index in [0.717, 1.165) is 31.9 Å². The van der Waals surface area contributed by atoms with Gasteiger partial charge in [0.15, 0.2) is 9.84 Å². The lowest BCUT2D eigenvalue weighted by Gasteiger charge is -2.29. The van der Waals surface area contributed by atoms with Crippen molar-refractivity contribution in [3.8, 4) is 0 Å². The molecule has 0 bridgehead atoms. The average Bonchev–Trinajstić information content (AvgIpc) is 3.61. The topological polar surface area (TPSA) is 116 Å². The molecule has 0 saturated heterocycles. The standard InChI is InChI=1S/C21H23ClN4O4S/c1-31(29,30)17-8-6-16(7-9-17)24-19(28)26-21(12-13-21)20(10-11-20)25-18(27)23-15-4-2-14(22)3-5-15/h2-9H,10-13H2,1H3,(H2,23,25,27)(H2,24,26,28). The van der Waals surface area contributed by atoms with Gasteiger partial charge in [0, 0.05) is 22.7 Å². The summed E-state index contributed by atoms with van der Waals surface area (Å²) in [7, 11) is -3.30. The Hall–Kier alpha value is -2.78. The van der Waals surface area contributed by atoms with Crippen LogP contribution in [0.25, 0.3) is 0 Å². The first kappa shape index (κ1) is 21.5. The molecule has 0 aromatic heterocycles. The summed E-state index contributed by atoms with van der Waals surface area (Å²) in [6.07, 6.45) is 4.24. The summed E-state index contributed by atoms with van der Waals surface area (Å²) in [5, 5.41) is 12.2. The lowest BCUT2D eigenvalue weighted by atomic mass is 10.0. The normalized spacial score (nSPS) is 17.9. The average molecular weight is 463 g/mol. The minimum absolute atomic E-state index is 0.185. The Morgan fingerprint density at radius 3 is 1.52 bits per heavy atom. The van der Waals surface area contributed by atoms with Gasteiger partial charge in [-0.25, -0.2) is 18.0 Å². The number of hydrogen-bond donors (Lipinski definition) is 4. The number of amides is 4. The van der Waals surface area contributed by atoms with E-state index in [-0.39, 0.29) is 10.9 Å². The van der Waals surface area contributed by atoms with Crippen LogP contribution in [-0.2, 0) is 9.84 Å². The van der Waals surface area contributed by atoms with E-state index in [1.54, 1.807) is 36.4 Å². The van der Waals surface area contributed by atoms with Gasteiger partial charge in [0.25, 0.3) is 0 Å². The molecule has 31 heavy (non-hydrogen) atoms. The molecule has 10 heteroatoms. The minimum atomic E-state index is -3.30. The van der Waals surface area contributed by atoms with Crippen molar-refractivity contribution in [3.63, 3.8) is 0 Å². The second-order valence-corrected chi connectivity index (χ2v) is 10.6. The van der Waals surface area contributed by atoms with E-state index in [0.29, 0.717) is 16.4 Å². The van der Waals surface area contributed by atoms with Crippen molar-refractivity contribution in [2.75, 3.05) is 16.9 Å². The quantitative estimate of drug-likeness (QED) is 0.523. The van der Waals surface area contributed by atoms with Gasteiger partial charge in [0.1, 0.15) is 0 Å². The van der Waals surface area contributed by atoms with Crippen molar-refractivity contribution in [3.05, 3.63) is 53.6 Å². The number of hydrogen-bond acceptors (Lipinski definition) is 4. The number of anilines is 2. The zero-order valence-electron chi connectivity index (χ0n) is 16.9. The van der Waals surface area contributed by atoms with Crippen LogP contribution in [0.4, 0.5) is 21.0 Å². The number of carbonyl (C=O) groups is 2. The first-order valence-electron chi connectivity index (χ1n) is 9.85. The van der Waals surface area contributed by atoms with Crippen molar-refractivity contribution in [1.82, 2.24) is 10.6 Å². The molecule has 0 radical (unpaired) electrons. The molecule has 4 N–H and O–H groups in total. The largest absolute Gasteiger partial charge is 0.330 e. The molecule has 2 aliphatic rings. The van der Waals surface area contributed by atoms with E-state index in [9.17, 15) is 18.0 Å². The maximum absolute atomic E-state index is 12.6. The van der Waals surface area contributed by atoms with Crippen LogP contribution in [0.2, 0.25) is 5.02 Å². The van der Waals surface area contributed by atoms with Gasteiger partial charge >= 0.3 is 12.1 Å². The van der Waals surface area contributed by atoms with Crippen molar-refractivity contribution < 1.29 is 18.0 Å². The van der Waals surface area contributed by atoms with Crippen molar-refractivity contribution in [1.29, 1.82) is 0 Å². The fourth-order valence-electron chi connectivity index (χ4n) is 3.77. The molecule has 2 aromatic carbocycles. The highest BCUT2D eigenvalue weighted by Gasteiger charge is 2.67. The maximum atomic E-state index is 12.6. The molecule has 2 fully saturated rings. The molecule has 0 unspecified atom stereocenters. The molecule has 2 aromatic rings. The number of nitrogens with one attached hydrogen (secondary N) is 4. The van der Waals surface area contributed by atoms with E-state index in [2.05, 4.69) is 21.3 Å². The van der Waals surface area contributed by atoms with Gasteiger partial charge < -0.3 is 21.3 Å². The Labute approximate surface area is 185 Å². The van der Waals surface area contributed by atoms with Gasteiger partial charge in [-0.2, -0.15) is 0 Å². The zero-order valence-corrected chi connectivity index (χ0v) is 18.4. The van der Waals surface area contributed by atoms with Crippen molar-refractivity contribution in [2.45, 2.75) is 41.7 Å². The Bertz CT molecular complexity index is 1110. The number of urea groups is 2. The third-order valence-corrected chi connectivity index (χ3v) is 7.14. The Morgan fingerprint density at radius 1 is 0.774 bits per heavy atom. The summed E-state index contributed by atoms with van der Waals surface area (Å²) in [5.41, 5.74) is 0.159. The Kier molecular flexibility index (Phi) is 5.35. The summed E-state index contributed by atoms with van der Waals surface area (Å²) in [5.74, 6) is 0. The van der Waals surface area contributed by atoms with Gasteiger partial charge in [0.05, 0.1) is 16.0 Å². The van der Waals surface area contributed by atoms with Crippen molar-refractivity contribution >= 4 is 44.9 Å². The molecule has 0 spiro atoms. The molecular formula is C21H23ClN4O4S. The highest BCUT2D eigenvalue weighted by atomic mass is 35.5. The van der Waals surface area contributed by atoms with E-state index < -0.39 is 26.9 Å². The zero-order chi connectivity index (χ0) is 22.3. The van der Waals surface area contributed by atoms with E-state index in [1.807, 2.05) is 0 Å². The van der Waals surface area contributed by atoms with Crippen LogP contribution in [0, 0.1) is 0 Å². The number of benzene rings is 2. The summed E-state index contributed by atoms with van der Waals surface area (Å²) >= 11 is 5.87. The molecule has 2 aliphatic carbocycles. The maximum Gasteiger partial charge on any atom is 0.319 e. The van der Waals surface area contributed by atoms with E-state index in [4.69, 9.17) is 11.6 Å². The predicted octanol–water partition coefficient (Wildman–Crippen LogP) is 3.75. The van der Waals surface area contributed by atoms with Gasteiger partial charge in [-0.1, -0.05) is 11.6 Å². The number of sulfone groups is 1. The van der Waals surface area contributed by atoms with Crippen LogP contribution in [0.3, 0.4) is 0 Å². The van der Waals surface area contributed by atoms with Crippen LogP contribution >= 0.6 is 11.6 Å². The fraction of sp³-hybridized carbons (Fsp3) is 0.333. The highest BCUT2D eigenvalue weighted by Crippen LogP contribution is 2.57. The summed E-state index contributed by atoms with van der Waals surface area (Å²) in [6, 6.07) is 12.1. The molecule has 4 rings (SSSR count). The fourth-order valence-corrected chi connectivity index (χ4v) is 4.53. The van der Waals surface area contributed by atoms with E-state index in [1.165, 1.54) is 12.1 Å². The second kappa shape index (κ2) is 7.72. The van der Waals surface area contributed by atoms with E-state index >= 15 is 0 Å². The van der Waals surface area contributed by atoms with Crippen LogP contribution in [0.15, 0.2) is 53.4 Å². The number of carbonyl (C=O) groups excluding carboxylic acids is 2.